The molecule has 0 N–H and O–H groups in total. The van der Waals surface area contributed by atoms with Crippen LogP contribution in [0.1, 0.15) is 12.0 Å². The van der Waals surface area contributed by atoms with Gasteiger partial charge in [0.25, 0.3) is 0 Å². The van der Waals surface area contributed by atoms with E-state index in [1.165, 1.54) is 18.0 Å². The van der Waals surface area contributed by atoms with Crippen LogP contribution in [0.2, 0.25) is 0 Å². The predicted octanol–water partition coefficient (Wildman–Crippen LogP) is 2.45. The zero-order valence-electron chi connectivity index (χ0n) is 9.04. The van der Waals surface area contributed by atoms with Crippen LogP contribution in [0.25, 0.3) is 0 Å². The van der Waals surface area contributed by atoms with Gasteiger partial charge in [-0.15, -0.1) is 0 Å². The number of amides is 1. The van der Waals surface area contributed by atoms with Gasteiger partial charge in [-0.05, 0) is 18.2 Å². The van der Waals surface area contributed by atoms with Crippen molar-refractivity contribution in [1.82, 2.24) is 0 Å². The van der Waals surface area contributed by atoms with Crippen LogP contribution < -0.4 is 9.64 Å². The minimum absolute atomic E-state index is 0.155. The third kappa shape index (κ3) is 2.20. The van der Waals surface area contributed by atoms with E-state index in [0.29, 0.717) is 5.75 Å². The van der Waals surface area contributed by atoms with E-state index in [1.807, 2.05) is 0 Å². The molecule has 2 rings (SSSR count). The van der Waals surface area contributed by atoms with Crippen LogP contribution in [0.5, 0.6) is 5.75 Å². The molecule has 1 heterocycles. The summed E-state index contributed by atoms with van der Waals surface area (Å²) in [6.45, 7) is 0.182. The highest BCUT2D eigenvalue weighted by atomic mass is 19.4. The predicted molar refractivity (Wildman–Crippen MR) is 55.0 cm³/mol. The summed E-state index contributed by atoms with van der Waals surface area (Å²) in [5, 5.41) is 0. The first-order valence-electron chi connectivity index (χ1n) is 5.00. The zero-order valence-corrected chi connectivity index (χ0v) is 9.04. The Morgan fingerprint density at radius 3 is 2.71 bits per heavy atom. The summed E-state index contributed by atoms with van der Waals surface area (Å²) in [5.74, 6) is 0.0365. The SMILES string of the molecule is CN1C(=O)CCOc2ccc(C(F)(F)F)cc21. The van der Waals surface area contributed by atoms with Crippen LogP contribution in [-0.2, 0) is 11.0 Å². The van der Waals surface area contributed by atoms with Gasteiger partial charge in [-0.1, -0.05) is 0 Å². The number of nitrogens with zero attached hydrogens (tertiary/aromatic N) is 1. The van der Waals surface area contributed by atoms with Gasteiger partial charge in [0, 0.05) is 7.05 Å². The Morgan fingerprint density at radius 1 is 1.35 bits per heavy atom. The van der Waals surface area contributed by atoms with E-state index < -0.39 is 11.7 Å². The van der Waals surface area contributed by atoms with Gasteiger partial charge in [0.2, 0.25) is 5.91 Å². The monoisotopic (exact) mass is 245 g/mol. The van der Waals surface area contributed by atoms with Crippen molar-refractivity contribution < 1.29 is 22.7 Å². The highest BCUT2D eigenvalue weighted by Crippen LogP contribution is 2.37. The molecular weight excluding hydrogens is 235 g/mol. The van der Waals surface area contributed by atoms with E-state index in [-0.39, 0.29) is 24.6 Å². The fourth-order valence-corrected chi connectivity index (χ4v) is 1.63. The lowest BCUT2D eigenvalue weighted by Crippen LogP contribution is -2.25. The van der Waals surface area contributed by atoms with Crippen molar-refractivity contribution >= 4 is 11.6 Å². The minimum atomic E-state index is -4.43. The lowest BCUT2D eigenvalue weighted by Gasteiger charge is -2.18. The molecule has 1 amide bonds. The molecule has 0 unspecified atom stereocenters. The maximum atomic E-state index is 12.5. The second kappa shape index (κ2) is 3.94. The van der Waals surface area contributed by atoms with Crippen molar-refractivity contribution in [3.05, 3.63) is 23.8 Å². The number of alkyl halides is 3. The average Bonchev–Trinajstić information content (AvgIpc) is 2.39. The molecule has 92 valence electrons. The van der Waals surface area contributed by atoms with E-state index in [1.54, 1.807) is 0 Å². The van der Waals surface area contributed by atoms with Gasteiger partial charge in [0.05, 0.1) is 24.3 Å². The van der Waals surface area contributed by atoms with Crippen LogP contribution in [-0.4, -0.2) is 19.6 Å². The summed E-state index contributed by atoms with van der Waals surface area (Å²) in [7, 11) is 1.44. The van der Waals surface area contributed by atoms with Crippen molar-refractivity contribution in [2.24, 2.45) is 0 Å². The number of anilines is 1. The van der Waals surface area contributed by atoms with Gasteiger partial charge in [-0.25, -0.2) is 0 Å². The molecule has 6 heteroatoms. The first-order valence-corrected chi connectivity index (χ1v) is 5.00. The molecule has 0 atom stereocenters. The molecule has 1 aromatic carbocycles. The Bertz CT molecular complexity index is 457. The molecule has 0 saturated carbocycles. The first kappa shape index (κ1) is 11.8. The summed E-state index contributed by atoms with van der Waals surface area (Å²) in [6, 6.07) is 3.12. The Kier molecular flexibility index (Phi) is 2.73. The second-order valence-electron chi connectivity index (χ2n) is 3.73. The van der Waals surface area contributed by atoms with Crippen molar-refractivity contribution in [2.75, 3.05) is 18.6 Å². The van der Waals surface area contributed by atoms with Gasteiger partial charge in [-0.2, -0.15) is 13.2 Å². The summed E-state index contributed by atoms with van der Waals surface area (Å²) in [4.78, 5) is 12.7. The molecule has 0 aromatic heterocycles. The molecule has 3 nitrogen and oxygen atoms in total. The number of carbonyl (C=O) groups excluding carboxylic acids is 1. The molecule has 0 aliphatic carbocycles. The third-order valence-corrected chi connectivity index (χ3v) is 2.60. The molecule has 0 fully saturated rings. The van der Waals surface area contributed by atoms with E-state index in [9.17, 15) is 18.0 Å². The highest BCUT2D eigenvalue weighted by Gasteiger charge is 2.32. The van der Waals surface area contributed by atoms with Crippen molar-refractivity contribution in [2.45, 2.75) is 12.6 Å². The number of rotatable bonds is 0. The van der Waals surface area contributed by atoms with E-state index in [2.05, 4.69) is 0 Å². The number of hydrogen-bond acceptors (Lipinski definition) is 2. The molecule has 0 radical (unpaired) electrons. The van der Waals surface area contributed by atoms with Crippen molar-refractivity contribution in [1.29, 1.82) is 0 Å². The normalized spacial score (nSPS) is 16.2. The third-order valence-electron chi connectivity index (χ3n) is 2.60. The Balaban J connectivity index is 2.49. The summed E-state index contributed by atoms with van der Waals surface area (Å²) >= 11 is 0. The lowest BCUT2D eigenvalue weighted by molar-refractivity contribution is -0.137. The zero-order chi connectivity index (χ0) is 12.6. The van der Waals surface area contributed by atoms with Gasteiger partial charge >= 0.3 is 6.18 Å². The number of hydrogen-bond donors (Lipinski definition) is 0. The topological polar surface area (TPSA) is 29.5 Å². The van der Waals surface area contributed by atoms with Crippen LogP contribution >= 0.6 is 0 Å². The standard InChI is InChI=1S/C11H10F3NO2/c1-15-8-6-7(11(12,13)14)2-3-9(8)17-5-4-10(15)16/h2-3,6H,4-5H2,1H3. The second-order valence-corrected chi connectivity index (χ2v) is 3.73. The molecule has 17 heavy (non-hydrogen) atoms. The minimum Gasteiger partial charge on any atom is -0.491 e. The van der Waals surface area contributed by atoms with Crippen molar-refractivity contribution in [3.63, 3.8) is 0 Å². The first-order chi connectivity index (χ1) is 7.89. The average molecular weight is 245 g/mol. The Labute approximate surface area is 95.8 Å². The fourth-order valence-electron chi connectivity index (χ4n) is 1.63. The number of ether oxygens (including phenoxy) is 1. The highest BCUT2D eigenvalue weighted by molar-refractivity contribution is 5.95. The smallest absolute Gasteiger partial charge is 0.416 e. The van der Waals surface area contributed by atoms with Gasteiger partial charge in [0.15, 0.2) is 0 Å². The van der Waals surface area contributed by atoms with Crippen LogP contribution in [0.3, 0.4) is 0 Å². The van der Waals surface area contributed by atoms with E-state index in [4.69, 9.17) is 4.74 Å². The maximum Gasteiger partial charge on any atom is 0.416 e. The Morgan fingerprint density at radius 2 is 2.06 bits per heavy atom. The van der Waals surface area contributed by atoms with Crippen LogP contribution in [0.4, 0.5) is 18.9 Å². The summed E-state index contributed by atoms with van der Waals surface area (Å²) < 4.78 is 42.8. The Hall–Kier alpha value is -1.72. The number of halogens is 3. The molecular formula is C11H10F3NO2. The van der Waals surface area contributed by atoms with Gasteiger partial charge in [-0.3, -0.25) is 4.79 Å². The molecule has 0 bridgehead atoms. The van der Waals surface area contributed by atoms with Crippen LogP contribution in [0.15, 0.2) is 18.2 Å². The largest absolute Gasteiger partial charge is 0.491 e. The number of carbonyl (C=O) groups is 1. The quantitative estimate of drug-likeness (QED) is 0.702. The van der Waals surface area contributed by atoms with Crippen LogP contribution in [0, 0.1) is 0 Å². The number of benzene rings is 1. The van der Waals surface area contributed by atoms with Gasteiger partial charge in [0.1, 0.15) is 5.75 Å². The summed E-state index contributed by atoms with van der Waals surface area (Å²) in [6.07, 6.45) is -4.27. The molecule has 1 aromatic rings. The molecule has 1 aliphatic heterocycles. The number of fused-ring (bicyclic) bond motifs is 1. The maximum absolute atomic E-state index is 12.5. The van der Waals surface area contributed by atoms with E-state index in [0.717, 1.165) is 12.1 Å². The van der Waals surface area contributed by atoms with E-state index >= 15 is 0 Å². The molecule has 0 spiro atoms. The molecule has 1 aliphatic rings. The molecule has 0 saturated heterocycles. The lowest BCUT2D eigenvalue weighted by atomic mass is 10.1. The van der Waals surface area contributed by atoms with Crippen molar-refractivity contribution in [3.8, 4) is 5.75 Å². The fraction of sp³-hybridized carbons (Fsp3) is 0.364. The van der Waals surface area contributed by atoms with Gasteiger partial charge < -0.3 is 9.64 Å². The summed E-state index contributed by atoms with van der Waals surface area (Å²) in [5.41, 5.74) is -0.635.